The van der Waals surface area contributed by atoms with Crippen LogP contribution in [0.1, 0.15) is 27.2 Å². The number of hydrogen-bond acceptors (Lipinski definition) is 4. The summed E-state index contributed by atoms with van der Waals surface area (Å²) in [6.07, 6.45) is -0.475. The summed E-state index contributed by atoms with van der Waals surface area (Å²) in [5, 5.41) is 25.6. The minimum Gasteiger partial charge on any atom is -0.481 e. The fraction of sp³-hybridized carbons (Fsp3) is 0.750. The smallest absolute Gasteiger partial charge is 0.314 e. The van der Waals surface area contributed by atoms with Gasteiger partial charge in [0.15, 0.2) is 0 Å². The average molecular weight is 289 g/mol. The first kappa shape index (κ1) is 18.2. The van der Waals surface area contributed by atoms with Gasteiger partial charge in [-0.3, -0.25) is 9.59 Å². The molecule has 0 aliphatic carbocycles. The van der Waals surface area contributed by atoms with Gasteiger partial charge in [0, 0.05) is 20.1 Å². The molecule has 0 bridgehead atoms. The van der Waals surface area contributed by atoms with Crippen molar-refractivity contribution in [1.29, 1.82) is 0 Å². The molecule has 0 radical (unpaired) electrons. The molecule has 0 heterocycles. The predicted octanol–water partition coefficient (Wildman–Crippen LogP) is -0.716. The van der Waals surface area contributed by atoms with Crippen LogP contribution in [0.4, 0.5) is 4.79 Å². The SMILES string of the molecule is CNC(=O)C(C)(C)CNC(=O)NCC(C)(O)CC(=O)O. The van der Waals surface area contributed by atoms with Gasteiger partial charge in [-0.15, -0.1) is 0 Å². The van der Waals surface area contributed by atoms with E-state index in [2.05, 4.69) is 16.0 Å². The highest BCUT2D eigenvalue weighted by atomic mass is 16.4. The Labute approximate surface area is 117 Å². The fourth-order valence-corrected chi connectivity index (χ4v) is 1.44. The van der Waals surface area contributed by atoms with Crippen LogP contribution >= 0.6 is 0 Å². The Balaban J connectivity index is 4.19. The standard InChI is InChI=1S/C12H23N3O5/c1-11(2,9(18)13-4)6-14-10(19)15-7-12(3,20)5-8(16)17/h20H,5-7H2,1-4H3,(H,13,18)(H,16,17)(H2,14,15,19). The molecule has 3 amide bonds. The molecule has 0 fully saturated rings. The van der Waals surface area contributed by atoms with Gasteiger partial charge in [0.1, 0.15) is 0 Å². The summed E-state index contributed by atoms with van der Waals surface area (Å²) in [7, 11) is 1.51. The fourth-order valence-electron chi connectivity index (χ4n) is 1.44. The molecule has 116 valence electrons. The second kappa shape index (κ2) is 7.09. The van der Waals surface area contributed by atoms with Crippen molar-refractivity contribution in [1.82, 2.24) is 16.0 Å². The van der Waals surface area contributed by atoms with Crippen LogP contribution in [-0.2, 0) is 9.59 Å². The Morgan fingerprint density at radius 1 is 1.05 bits per heavy atom. The lowest BCUT2D eigenvalue weighted by molar-refractivity contribution is -0.141. The van der Waals surface area contributed by atoms with Gasteiger partial charge in [0.2, 0.25) is 5.91 Å². The molecule has 0 aliphatic heterocycles. The molecule has 0 rings (SSSR count). The van der Waals surface area contributed by atoms with Crippen molar-refractivity contribution in [2.75, 3.05) is 20.1 Å². The lowest BCUT2D eigenvalue weighted by atomic mass is 9.92. The number of nitrogens with one attached hydrogen (secondary N) is 3. The van der Waals surface area contributed by atoms with Gasteiger partial charge in [-0.2, -0.15) is 0 Å². The van der Waals surface area contributed by atoms with E-state index in [1.54, 1.807) is 13.8 Å². The first-order valence-corrected chi connectivity index (χ1v) is 6.18. The first-order valence-electron chi connectivity index (χ1n) is 6.18. The van der Waals surface area contributed by atoms with Crippen molar-refractivity contribution in [3.63, 3.8) is 0 Å². The third-order valence-corrected chi connectivity index (χ3v) is 2.69. The van der Waals surface area contributed by atoms with Crippen LogP contribution in [-0.4, -0.2) is 53.9 Å². The van der Waals surface area contributed by atoms with Gasteiger partial charge in [-0.05, 0) is 20.8 Å². The average Bonchev–Trinajstić information content (AvgIpc) is 2.31. The maximum Gasteiger partial charge on any atom is 0.314 e. The van der Waals surface area contributed by atoms with Gasteiger partial charge in [-0.25, -0.2) is 4.79 Å². The number of hydrogen-bond donors (Lipinski definition) is 5. The molecule has 5 N–H and O–H groups in total. The number of carbonyl (C=O) groups is 3. The van der Waals surface area contributed by atoms with Gasteiger partial charge in [0.05, 0.1) is 17.4 Å². The van der Waals surface area contributed by atoms with Gasteiger partial charge < -0.3 is 26.2 Å². The van der Waals surface area contributed by atoms with Crippen LogP contribution in [0.25, 0.3) is 0 Å². The van der Waals surface area contributed by atoms with Crippen LogP contribution in [0.3, 0.4) is 0 Å². The summed E-state index contributed by atoms with van der Waals surface area (Å²) >= 11 is 0. The highest BCUT2D eigenvalue weighted by molar-refractivity contribution is 5.83. The molecule has 0 saturated carbocycles. The normalized spacial score (nSPS) is 14.1. The molecule has 1 unspecified atom stereocenters. The van der Waals surface area contributed by atoms with Crippen LogP contribution < -0.4 is 16.0 Å². The van der Waals surface area contributed by atoms with Crippen molar-refractivity contribution in [2.24, 2.45) is 5.41 Å². The highest BCUT2D eigenvalue weighted by Crippen LogP contribution is 2.13. The molecule has 8 heteroatoms. The van der Waals surface area contributed by atoms with Crippen molar-refractivity contribution in [3.8, 4) is 0 Å². The van der Waals surface area contributed by atoms with Crippen molar-refractivity contribution >= 4 is 17.9 Å². The van der Waals surface area contributed by atoms with Crippen molar-refractivity contribution < 1.29 is 24.6 Å². The second-order valence-corrected chi connectivity index (χ2v) is 5.57. The first-order chi connectivity index (χ1) is 9.00. The van der Waals surface area contributed by atoms with E-state index < -0.39 is 29.4 Å². The van der Waals surface area contributed by atoms with Crippen molar-refractivity contribution in [3.05, 3.63) is 0 Å². The maximum atomic E-state index is 11.5. The third kappa shape index (κ3) is 6.93. The Morgan fingerprint density at radius 3 is 2.00 bits per heavy atom. The molecule has 0 aromatic heterocycles. The van der Waals surface area contributed by atoms with E-state index in [4.69, 9.17) is 5.11 Å². The van der Waals surface area contributed by atoms with E-state index in [0.717, 1.165) is 0 Å². The van der Waals surface area contributed by atoms with Crippen LogP contribution in [0.2, 0.25) is 0 Å². The second-order valence-electron chi connectivity index (χ2n) is 5.57. The van der Waals surface area contributed by atoms with Gasteiger partial charge >= 0.3 is 12.0 Å². The third-order valence-electron chi connectivity index (χ3n) is 2.69. The van der Waals surface area contributed by atoms with E-state index in [9.17, 15) is 19.5 Å². The number of aliphatic hydroxyl groups is 1. The zero-order chi connectivity index (χ0) is 16.0. The summed E-state index contributed by atoms with van der Waals surface area (Å²) in [6, 6.07) is -0.576. The lowest BCUT2D eigenvalue weighted by Gasteiger charge is -2.24. The summed E-state index contributed by atoms with van der Waals surface area (Å²) in [6.45, 7) is 4.57. The van der Waals surface area contributed by atoms with E-state index in [1.807, 2.05) is 0 Å². The van der Waals surface area contributed by atoms with Gasteiger partial charge in [0.25, 0.3) is 0 Å². The number of carbonyl (C=O) groups excluding carboxylic acids is 2. The van der Waals surface area contributed by atoms with Crippen molar-refractivity contribution in [2.45, 2.75) is 32.8 Å². The molecule has 0 aliphatic rings. The zero-order valence-electron chi connectivity index (χ0n) is 12.2. The monoisotopic (exact) mass is 289 g/mol. The number of rotatable bonds is 7. The highest BCUT2D eigenvalue weighted by Gasteiger charge is 2.28. The number of carboxylic acid groups (broad SMARTS) is 1. The minimum atomic E-state index is -1.53. The molecule has 0 spiro atoms. The van der Waals surface area contributed by atoms with E-state index >= 15 is 0 Å². The topological polar surface area (TPSA) is 128 Å². The number of amides is 3. The Hall–Kier alpha value is -1.83. The molecule has 0 aromatic rings. The van der Waals surface area contributed by atoms with Gasteiger partial charge in [-0.1, -0.05) is 0 Å². The molecular weight excluding hydrogens is 266 g/mol. The van der Waals surface area contributed by atoms with Crippen LogP contribution in [0.5, 0.6) is 0 Å². The summed E-state index contributed by atoms with van der Waals surface area (Å²) < 4.78 is 0. The molecule has 1 atom stereocenters. The predicted molar refractivity (Wildman–Crippen MR) is 72.1 cm³/mol. The lowest BCUT2D eigenvalue weighted by Crippen LogP contribution is -2.49. The molecule has 0 aromatic carbocycles. The summed E-state index contributed by atoms with van der Waals surface area (Å²) in [5.41, 5.74) is -2.30. The molecule has 20 heavy (non-hydrogen) atoms. The summed E-state index contributed by atoms with van der Waals surface area (Å²) in [4.78, 5) is 33.5. The van der Waals surface area contributed by atoms with Crippen LogP contribution in [0.15, 0.2) is 0 Å². The number of carboxylic acids is 1. The Kier molecular flexibility index (Phi) is 6.44. The maximum absolute atomic E-state index is 11.5. The summed E-state index contributed by atoms with van der Waals surface area (Å²) in [5.74, 6) is -1.37. The van der Waals surface area contributed by atoms with Crippen LogP contribution in [0, 0.1) is 5.41 Å². The van der Waals surface area contributed by atoms with E-state index in [0.29, 0.717) is 0 Å². The molecule has 8 nitrogen and oxygen atoms in total. The van der Waals surface area contributed by atoms with E-state index in [-0.39, 0.29) is 19.0 Å². The quantitative estimate of drug-likeness (QED) is 0.423. The zero-order valence-corrected chi connectivity index (χ0v) is 12.2. The largest absolute Gasteiger partial charge is 0.481 e. The molecule has 0 saturated heterocycles. The number of urea groups is 1. The Morgan fingerprint density at radius 2 is 1.55 bits per heavy atom. The number of aliphatic carboxylic acids is 1. The van der Waals surface area contributed by atoms with E-state index in [1.165, 1.54) is 14.0 Å². The molecular formula is C12H23N3O5. The minimum absolute atomic E-state index is 0.111. The Bertz CT molecular complexity index is 379.